The van der Waals surface area contributed by atoms with Crippen LogP contribution in [0.3, 0.4) is 0 Å². The van der Waals surface area contributed by atoms with Crippen molar-refractivity contribution in [2.75, 3.05) is 26.9 Å². The lowest BCUT2D eigenvalue weighted by molar-refractivity contribution is -0.140. The molecule has 1 atom stereocenters. The molecule has 6 nitrogen and oxygen atoms in total. The van der Waals surface area contributed by atoms with E-state index in [9.17, 15) is 14.7 Å². The number of aryl methyl sites for hydroxylation is 1. The molecule has 0 aromatic heterocycles. The minimum Gasteiger partial charge on any atom is -0.507 e. The maximum atomic E-state index is 13.1. The van der Waals surface area contributed by atoms with Crippen molar-refractivity contribution in [3.05, 3.63) is 70.8 Å². The first kappa shape index (κ1) is 23.5. The van der Waals surface area contributed by atoms with Crippen molar-refractivity contribution in [1.82, 2.24) is 4.90 Å². The number of methoxy groups -OCH3 is 1. The zero-order valence-corrected chi connectivity index (χ0v) is 19.0. The third-order valence-corrected chi connectivity index (χ3v) is 5.57. The lowest BCUT2D eigenvalue weighted by Gasteiger charge is -2.25. The number of aliphatic hydroxyl groups excluding tert-OH is 1. The van der Waals surface area contributed by atoms with E-state index in [-0.39, 0.29) is 11.3 Å². The summed E-state index contributed by atoms with van der Waals surface area (Å²) in [5, 5.41) is 11.1. The molecule has 170 valence electrons. The number of rotatable bonds is 10. The smallest absolute Gasteiger partial charge is 0.295 e. The van der Waals surface area contributed by atoms with E-state index in [1.54, 1.807) is 19.2 Å². The van der Waals surface area contributed by atoms with Crippen LogP contribution in [-0.4, -0.2) is 48.6 Å². The first-order valence-corrected chi connectivity index (χ1v) is 11.1. The first-order valence-electron chi connectivity index (χ1n) is 11.1. The summed E-state index contributed by atoms with van der Waals surface area (Å²) in [4.78, 5) is 27.5. The maximum absolute atomic E-state index is 13.1. The van der Waals surface area contributed by atoms with Gasteiger partial charge < -0.3 is 19.5 Å². The second kappa shape index (κ2) is 11.0. The van der Waals surface area contributed by atoms with Gasteiger partial charge in [0.05, 0.1) is 18.2 Å². The highest BCUT2D eigenvalue weighted by molar-refractivity contribution is 6.46. The second-order valence-electron chi connectivity index (χ2n) is 7.81. The summed E-state index contributed by atoms with van der Waals surface area (Å²) in [6.07, 6.45) is 2.32. The Morgan fingerprint density at radius 1 is 1.06 bits per heavy atom. The van der Waals surface area contributed by atoms with Crippen molar-refractivity contribution >= 4 is 17.4 Å². The van der Waals surface area contributed by atoms with Crippen LogP contribution in [0.1, 0.15) is 49.4 Å². The van der Waals surface area contributed by atoms with Gasteiger partial charge in [-0.15, -0.1) is 0 Å². The number of likely N-dealkylation sites (tertiary alicyclic amines) is 1. The molecule has 32 heavy (non-hydrogen) atoms. The molecule has 0 aliphatic carbocycles. The van der Waals surface area contributed by atoms with Crippen molar-refractivity contribution in [3.63, 3.8) is 0 Å². The molecule has 1 heterocycles. The summed E-state index contributed by atoms with van der Waals surface area (Å²) in [6, 6.07) is 14.1. The molecule has 1 fully saturated rings. The van der Waals surface area contributed by atoms with E-state index >= 15 is 0 Å². The quantitative estimate of drug-likeness (QED) is 0.256. The van der Waals surface area contributed by atoms with Gasteiger partial charge in [-0.2, -0.15) is 0 Å². The van der Waals surface area contributed by atoms with E-state index in [1.807, 2.05) is 50.2 Å². The van der Waals surface area contributed by atoms with Crippen molar-refractivity contribution in [3.8, 4) is 5.75 Å². The molecule has 1 unspecified atom stereocenters. The Balaban J connectivity index is 2.08. The van der Waals surface area contributed by atoms with Crippen LogP contribution in [0.4, 0.5) is 0 Å². The minimum atomic E-state index is -0.692. The zero-order chi connectivity index (χ0) is 23.1. The molecule has 0 spiro atoms. The number of benzene rings is 2. The SMILES string of the molecule is CCCOc1cccc(C2/C(=C(/O)c3ccc(CC)cc3)C(=O)C(=O)N2CCCOC)c1. The molecule has 2 aromatic rings. The highest BCUT2D eigenvalue weighted by Gasteiger charge is 2.45. The fraction of sp³-hybridized carbons (Fsp3) is 0.385. The van der Waals surface area contributed by atoms with Crippen LogP contribution >= 0.6 is 0 Å². The average molecular weight is 438 g/mol. The molecule has 1 saturated heterocycles. The molecular weight excluding hydrogens is 406 g/mol. The van der Waals surface area contributed by atoms with Gasteiger partial charge in [0, 0.05) is 25.8 Å². The minimum absolute atomic E-state index is 0.101. The molecular formula is C26H31NO5. The molecule has 0 saturated carbocycles. The van der Waals surface area contributed by atoms with Crippen LogP contribution in [-0.2, 0) is 20.7 Å². The number of carbonyl (C=O) groups is 2. The fourth-order valence-electron chi connectivity index (χ4n) is 3.88. The predicted molar refractivity (Wildman–Crippen MR) is 124 cm³/mol. The third kappa shape index (κ3) is 5.02. The fourth-order valence-corrected chi connectivity index (χ4v) is 3.88. The Morgan fingerprint density at radius 2 is 1.81 bits per heavy atom. The number of amides is 1. The number of hydrogen-bond donors (Lipinski definition) is 1. The van der Waals surface area contributed by atoms with Gasteiger partial charge in [0.2, 0.25) is 0 Å². The molecule has 6 heteroatoms. The lowest BCUT2D eigenvalue weighted by Crippen LogP contribution is -2.31. The van der Waals surface area contributed by atoms with Gasteiger partial charge in [-0.1, -0.05) is 50.2 Å². The summed E-state index contributed by atoms with van der Waals surface area (Å²) in [7, 11) is 1.60. The molecule has 1 N–H and O–H groups in total. The Bertz CT molecular complexity index is 980. The second-order valence-corrected chi connectivity index (χ2v) is 7.81. The lowest BCUT2D eigenvalue weighted by atomic mass is 9.94. The van der Waals surface area contributed by atoms with E-state index in [0.29, 0.717) is 37.5 Å². The van der Waals surface area contributed by atoms with Gasteiger partial charge in [-0.3, -0.25) is 9.59 Å². The van der Waals surface area contributed by atoms with Crippen LogP contribution in [0.5, 0.6) is 5.75 Å². The van der Waals surface area contributed by atoms with Crippen LogP contribution in [0.15, 0.2) is 54.1 Å². The molecule has 1 amide bonds. The molecule has 1 aliphatic rings. The molecule has 1 aliphatic heterocycles. The number of hydrogen-bond acceptors (Lipinski definition) is 5. The van der Waals surface area contributed by atoms with Crippen molar-refractivity contribution < 1.29 is 24.2 Å². The summed E-state index contributed by atoms with van der Waals surface area (Å²) < 4.78 is 10.9. The molecule has 0 radical (unpaired) electrons. The average Bonchev–Trinajstić information content (AvgIpc) is 3.07. The van der Waals surface area contributed by atoms with Crippen LogP contribution < -0.4 is 4.74 Å². The largest absolute Gasteiger partial charge is 0.507 e. The number of carbonyl (C=O) groups excluding carboxylic acids is 2. The summed E-state index contributed by atoms with van der Waals surface area (Å²) in [5.74, 6) is -0.786. The number of ketones is 1. The summed E-state index contributed by atoms with van der Waals surface area (Å²) in [5.41, 5.74) is 2.46. The van der Waals surface area contributed by atoms with Gasteiger partial charge in [-0.05, 0) is 42.5 Å². The Morgan fingerprint density at radius 3 is 2.47 bits per heavy atom. The number of nitrogens with zero attached hydrogens (tertiary/aromatic N) is 1. The van der Waals surface area contributed by atoms with Crippen LogP contribution in [0.25, 0.3) is 5.76 Å². The van der Waals surface area contributed by atoms with E-state index in [2.05, 4.69) is 0 Å². The Kier molecular flexibility index (Phi) is 8.06. The van der Waals surface area contributed by atoms with E-state index in [4.69, 9.17) is 9.47 Å². The number of ether oxygens (including phenoxy) is 2. The van der Waals surface area contributed by atoms with Gasteiger partial charge in [-0.25, -0.2) is 0 Å². The normalized spacial score (nSPS) is 17.7. The maximum Gasteiger partial charge on any atom is 0.295 e. The van der Waals surface area contributed by atoms with Crippen molar-refractivity contribution in [2.45, 2.75) is 39.2 Å². The zero-order valence-electron chi connectivity index (χ0n) is 19.0. The topological polar surface area (TPSA) is 76.1 Å². The van der Waals surface area contributed by atoms with E-state index in [1.165, 1.54) is 4.90 Å². The highest BCUT2D eigenvalue weighted by atomic mass is 16.5. The van der Waals surface area contributed by atoms with Gasteiger partial charge in [0.15, 0.2) is 0 Å². The number of Topliss-reactive ketones (excluding diaryl/α,β-unsaturated/α-hetero) is 1. The summed E-state index contributed by atoms with van der Waals surface area (Å²) >= 11 is 0. The molecule has 2 aromatic carbocycles. The molecule has 0 bridgehead atoms. The van der Waals surface area contributed by atoms with Gasteiger partial charge >= 0.3 is 0 Å². The standard InChI is InChI=1S/C26H31NO5/c1-4-15-32-21-9-6-8-20(17-21)23-22(24(28)19-12-10-18(5-2)11-13-19)25(29)26(30)27(23)14-7-16-31-3/h6,8-13,17,23,28H,4-5,7,14-16H2,1-3H3/b24-22-. The number of aliphatic hydroxyl groups is 1. The van der Waals surface area contributed by atoms with E-state index < -0.39 is 17.7 Å². The molecule has 3 rings (SSSR count). The highest BCUT2D eigenvalue weighted by Crippen LogP contribution is 2.40. The monoisotopic (exact) mass is 437 g/mol. The van der Waals surface area contributed by atoms with Crippen molar-refractivity contribution in [2.24, 2.45) is 0 Å². The third-order valence-electron chi connectivity index (χ3n) is 5.57. The van der Waals surface area contributed by atoms with Crippen molar-refractivity contribution in [1.29, 1.82) is 0 Å². The van der Waals surface area contributed by atoms with Crippen LogP contribution in [0, 0.1) is 0 Å². The van der Waals surface area contributed by atoms with Gasteiger partial charge in [0.1, 0.15) is 11.5 Å². The first-order chi connectivity index (χ1) is 15.5. The van der Waals surface area contributed by atoms with Crippen LogP contribution in [0.2, 0.25) is 0 Å². The Hall–Kier alpha value is -3.12. The van der Waals surface area contributed by atoms with Gasteiger partial charge in [0.25, 0.3) is 11.7 Å². The van der Waals surface area contributed by atoms with E-state index in [0.717, 1.165) is 24.0 Å². The Labute approximate surface area is 189 Å². The summed E-state index contributed by atoms with van der Waals surface area (Å²) in [6.45, 7) is 5.45. The predicted octanol–water partition coefficient (Wildman–Crippen LogP) is 4.50.